The number of nitrogens with zero attached hydrogens (tertiary/aromatic N) is 3. The minimum atomic E-state index is -0.425. The van der Waals surface area contributed by atoms with Gasteiger partial charge in [0.2, 0.25) is 11.8 Å². The van der Waals surface area contributed by atoms with Gasteiger partial charge in [0.15, 0.2) is 5.82 Å². The molecule has 98 valence electrons. The number of aromatic nitrogens is 2. The molecule has 1 saturated carbocycles. The predicted molar refractivity (Wildman–Crippen MR) is 66.5 cm³/mol. The second-order valence-electron chi connectivity index (χ2n) is 4.94. The smallest absolute Gasteiger partial charge is 0.246 e. The molecule has 18 heavy (non-hydrogen) atoms. The molecule has 0 radical (unpaired) electrons. The summed E-state index contributed by atoms with van der Waals surface area (Å²) in [5, 5.41) is 3.98. The Balaban J connectivity index is 1.71. The van der Waals surface area contributed by atoms with Crippen LogP contribution in [-0.2, 0) is 16.9 Å². The summed E-state index contributed by atoms with van der Waals surface area (Å²) >= 11 is 1.60. The summed E-state index contributed by atoms with van der Waals surface area (Å²) in [6.07, 6.45) is 4.04. The minimum Gasteiger partial charge on any atom is -0.337 e. The lowest BCUT2D eigenvalue weighted by atomic mass is 9.99. The molecule has 0 aromatic carbocycles. The summed E-state index contributed by atoms with van der Waals surface area (Å²) in [5.41, 5.74) is 5.83. The zero-order valence-corrected chi connectivity index (χ0v) is 10.9. The maximum atomic E-state index is 11.5. The first kappa shape index (κ1) is 12.0. The van der Waals surface area contributed by atoms with Crippen LogP contribution in [0, 0.1) is 0 Å². The van der Waals surface area contributed by atoms with Gasteiger partial charge in [0.05, 0.1) is 17.2 Å². The molecule has 1 aromatic heterocycles. The number of carbonyl (C=O) groups is 1. The Labute approximate surface area is 109 Å². The van der Waals surface area contributed by atoms with E-state index in [1.165, 1.54) is 0 Å². The third kappa shape index (κ3) is 2.12. The van der Waals surface area contributed by atoms with Gasteiger partial charge in [0.25, 0.3) is 0 Å². The first-order chi connectivity index (χ1) is 8.67. The van der Waals surface area contributed by atoms with Gasteiger partial charge >= 0.3 is 0 Å². The third-order valence-electron chi connectivity index (χ3n) is 3.56. The number of rotatable bonds is 3. The van der Waals surface area contributed by atoms with Crippen LogP contribution in [0.25, 0.3) is 0 Å². The van der Waals surface area contributed by atoms with E-state index in [4.69, 9.17) is 10.3 Å². The molecule has 2 fully saturated rings. The van der Waals surface area contributed by atoms with Gasteiger partial charge in [-0.1, -0.05) is 18.0 Å². The molecule has 2 heterocycles. The average Bonchev–Trinajstić information content (AvgIpc) is 3.03. The van der Waals surface area contributed by atoms with E-state index < -0.39 is 5.54 Å². The highest BCUT2D eigenvalue weighted by molar-refractivity contribution is 8.00. The zero-order chi connectivity index (χ0) is 12.6. The first-order valence-electron chi connectivity index (χ1n) is 6.15. The molecule has 1 amide bonds. The van der Waals surface area contributed by atoms with E-state index in [1.54, 1.807) is 16.7 Å². The number of amides is 1. The van der Waals surface area contributed by atoms with Crippen LogP contribution in [0.3, 0.4) is 0 Å². The monoisotopic (exact) mass is 268 g/mol. The number of carbonyl (C=O) groups excluding carboxylic acids is 1. The van der Waals surface area contributed by atoms with Gasteiger partial charge in [0, 0.05) is 0 Å². The molecule has 2 aliphatic rings. The van der Waals surface area contributed by atoms with Crippen LogP contribution in [0.2, 0.25) is 0 Å². The predicted octanol–water partition coefficient (Wildman–Crippen LogP) is 0.830. The molecule has 1 aliphatic heterocycles. The van der Waals surface area contributed by atoms with Crippen molar-refractivity contribution in [1.29, 1.82) is 0 Å². The Bertz CT molecular complexity index is 456. The van der Waals surface area contributed by atoms with Crippen molar-refractivity contribution in [3.05, 3.63) is 11.7 Å². The molecule has 0 atom stereocenters. The molecule has 7 heteroatoms. The van der Waals surface area contributed by atoms with E-state index in [-0.39, 0.29) is 5.91 Å². The number of hydrogen-bond donors (Lipinski definition) is 1. The molecule has 3 rings (SSSR count). The molecular formula is C11H16N4O2S. The fraction of sp³-hybridized carbons (Fsp3) is 0.727. The Morgan fingerprint density at radius 3 is 2.89 bits per heavy atom. The second kappa shape index (κ2) is 4.55. The molecule has 0 spiro atoms. The van der Waals surface area contributed by atoms with Crippen molar-refractivity contribution >= 4 is 17.7 Å². The van der Waals surface area contributed by atoms with E-state index in [0.29, 0.717) is 29.9 Å². The van der Waals surface area contributed by atoms with E-state index in [2.05, 4.69) is 10.1 Å². The quantitative estimate of drug-likeness (QED) is 0.874. The van der Waals surface area contributed by atoms with Crippen LogP contribution in [-0.4, -0.2) is 32.6 Å². The van der Waals surface area contributed by atoms with E-state index >= 15 is 0 Å². The summed E-state index contributed by atoms with van der Waals surface area (Å²) in [6.45, 7) is 0.398. The standard InChI is InChI=1S/C11H16N4O2S/c12-11(3-1-2-4-11)10-13-8(17-14-10)5-15-7-18-6-9(15)16/h1-7,12H2. The Kier molecular flexibility index (Phi) is 3.03. The van der Waals surface area contributed by atoms with Crippen molar-refractivity contribution in [2.24, 2.45) is 5.73 Å². The topological polar surface area (TPSA) is 85.2 Å². The maximum Gasteiger partial charge on any atom is 0.246 e. The highest BCUT2D eigenvalue weighted by atomic mass is 32.2. The van der Waals surface area contributed by atoms with Crippen molar-refractivity contribution in [1.82, 2.24) is 15.0 Å². The lowest BCUT2D eigenvalue weighted by molar-refractivity contribution is -0.127. The Morgan fingerprint density at radius 1 is 1.44 bits per heavy atom. The van der Waals surface area contributed by atoms with Gasteiger partial charge in [-0.05, 0) is 12.8 Å². The van der Waals surface area contributed by atoms with Gasteiger partial charge in [-0.3, -0.25) is 4.79 Å². The van der Waals surface area contributed by atoms with Crippen LogP contribution in [0.15, 0.2) is 4.52 Å². The third-order valence-corrected chi connectivity index (χ3v) is 4.51. The summed E-state index contributed by atoms with van der Waals surface area (Å²) in [5.74, 6) is 2.45. The Hall–Kier alpha value is -1.08. The largest absolute Gasteiger partial charge is 0.337 e. The molecule has 1 saturated heterocycles. The van der Waals surface area contributed by atoms with Crippen molar-refractivity contribution in [3.63, 3.8) is 0 Å². The molecule has 1 aromatic rings. The normalized spacial score (nSPS) is 22.9. The summed E-state index contributed by atoms with van der Waals surface area (Å²) in [7, 11) is 0. The van der Waals surface area contributed by atoms with Crippen molar-refractivity contribution in [2.75, 3.05) is 11.6 Å². The fourth-order valence-electron chi connectivity index (χ4n) is 2.45. The fourth-order valence-corrected chi connectivity index (χ4v) is 3.36. The van der Waals surface area contributed by atoms with Gasteiger partial charge in [0.1, 0.15) is 6.54 Å². The summed E-state index contributed by atoms with van der Waals surface area (Å²) in [4.78, 5) is 17.6. The highest BCUT2D eigenvalue weighted by Crippen LogP contribution is 2.34. The van der Waals surface area contributed by atoms with Gasteiger partial charge < -0.3 is 15.2 Å². The summed E-state index contributed by atoms with van der Waals surface area (Å²) in [6, 6.07) is 0. The summed E-state index contributed by atoms with van der Waals surface area (Å²) < 4.78 is 5.21. The van der Waals surface area contributed by atoms with Gasteiger partial charge in [-0.25, -0.2) is 0 Å². The molecule has 1 aliphatic carbocycles. The highest BCUT2D eigenvalue weighted by Gasteiger charge is 2.36. The lowest BCUT2D eigenvalue weighted by Gasteiger charge is -2.17. The van der Waals surface area contributed by atoms with Crippen molar-refractivity contribution in [3.8, 4) is 0 Å². The molecule has 0 unspecified atom stereocenters. The van der Waals surface area contributed by atoms with Crippen molar-refractivity contribution in [2.45, 2.75) is 37.8 Å². The van der Waals surface area contributed by atoms with Crippen molar-refractivity contribution < 1.29 is 9.32 Å². The van der Waals surface area contributed by atoms with Gasteiger partial charge in [-0.15, -0.1) is 11.8 Å². The van der Waals surface area contributed by atoms with E-state index in [0.717, 1.165) is 25.7 Å². The van der Waals surface area contributed by atoms with E-state index in [1.807, 2.05) is 0 Å². The molecule has 0 bridgehead atoms. The maximum absolute atomic E-state index is 11.5. The number of hydrogen-bond acceptors (Lipinski definition) is 6. The van der Waals surface area contributed by atoms with E-state index in [9.17, 15) is 4.79 Å². The zero-order valence-electron chi connectivity index (χ0n) is 10.1. The van der Waals surface area contributed by atoms with Crippen LogP contribution >= 0.6 is 11.8 Å². The minimum absolute atomic E-state index is 0.128. The molecular weight excluding hydrogens is 252 g/mol. The molecule has 2 N–H and O–H groups in total. The number of nitrogens with two attached hydrogens (primary N) is 1. The van der Waals surface area contributed by atoms with Crippen LogP contribution in [0.5, 0.6) is 0 Å². The second-order valence-corrected chi connectivity index (χ2v) is 5.90. The average molecular weight is 268 g/mol. The lowest BCUT2D eigenvalue weighted by Crippen LogP contribution is -2.34. The van der Waals surface area contributed by atoms with Crippen LogP contribution in [0.4, 0.5) is 0 Å². The van der Waals surface area contributed by atoms with Gasteiger partial charge in [-0.2, -0.15) is 4.98 Å². The Morgan fingerprint density at radius 2 is 2.22 bits per heavy atom. The molecule has 6 nitrogen and oxygen atoms in total. The number of thioether (sulfide) groups is 1. The van der Waals surface area contributed by atoms with Crippen LogP contribution in [0.1, 0.15) is 37.4 Å². The first-order valence-corrected chi connectivity index (χ1v) is 7.30. The van der Waals surface area contributed by atoms with Crippen LogP contribution < -0.4 is 5.73 Å². The SMILES string of the molecule is NC1(c2noc(CN3CSCC3=O)n2)CCCC1.